The predicted molar refractivity (Wildman–Crippen MR) is 101 cm³/mol. The fraction of sp³-hybridized carbons (Fsp3) is 0.190. The van der Waals surface area contributed by atoms with Gasteiger partial charge in [0.2, 0.25) is 5.88 Å². The molecule has 3 rings (SSSR count). The Morgan fingerprint density at radius 3 is 2.55 bits per heavy atom. The molecule has 0 aliphatic rings. The van der Waals surface area contributed by atoms with Crippen molar-refractivity contribution in [3.63, 3.8) is 0 Å². The number of hydrogen-bond acceptors (Lipinski definition) is 5. The number of nitriles is 1. The number of aromatic nitrogens is 1. The minimum atomic E-state index is -1.10. The summed E-state index contributed by atoms with van der Waals surface area (Å²) >= 11 is 0. The highest BCUT2D eigenvalue weighted by Crippen LogP contribution is 2.26. The van der Waals surface area contributed by atoms with Gasteiger partial charge >= 0.3 is 5.97 Å². The van der Waals surface area contributed by atoms with E-state index in [0.29, 0.717) is 5.56 Å². The van der Waals surface area contributed by atoms with E-state index in [0.717, 1.165) is 0 Å². The number of nitrogens with one attached hydrogen (secondary N) is 1. The van der Waals surface area contributed by atoms with Gasteiger partial charge in [0.25, 0.3) is 5.91 Å². The van der Waals surface area contributed by atoms with Gasteiger partial charge in [0.1, 0.15) is 28.8 Å². The summed E-state index contributed by atoms with van der Waals surface area (Å²) in [5, 5.41) is 12.1. The van der Waals surface area contributed by atoms with E-state index < -0.39 is 18.0 Å². The van der Waals surface area contributed by atoms with Crippen molar-refractivity contribution < 1.29 is 23.1 Å². The quantitative estimate of drug-likeness (QED) is 0.646. The Hall–Kier alpha value is -3.86. The van der Waals surface area contributed by atoms with Crippen molar-refractivity contribution in [3.8, 4) is 12.0 Å². The lowest BCUT2D eigenvalue weighted by atomic mass is 10.1. The molecule has 2 aromatic heterocycles. The van der Waals surface area contributed by atoms with Gasteiger partial charge in [-0.05, 0) is 43.7 Å². The average Bonchev–Trinajstić information content (AvgIpc) is 3.34. The van der Waals surface area contributed by atoms with Crippen molar-refractivity contribution in [3.05, 3.63) is 77.1 Å². The number of carbonyl (C=O) groups excluding carboxylic acids is 2. The lowest BCUT2D eigenvalue weighted by molar-refractivity contribution is -0.129. The van der Waals surface area contributed by atoms with Crippen LogP contribution in [0.15, 0.2) is 53.2 Å². The van der Waals surface area contributed by atoms with Crippen LogP contribution in [-0.2, 0) is 16.1 Å². The van der Waals surface area contributed by atoms with Crippen molar-refractivity contribution in [2.24, 2.45) is 0 Å². The molecule has 0 aliphatic heterocycles. The summed E-state index contributed by atoms with van der Waals surface area (Å²) in [5.74, 6) is -1.30. The lowest BCUT2D eigenvalue weighted by Crippen LogP contribution is -2.35. The van der Waals surface area contributed by atoms with E-state index in [1.807, 2.05) is 6.07 Å². The average molecular weight is 395 g/mol. The first-order chi connectivity index (χ1) is 13.9. The first-order valence-corrected chi connectivity index (χ1v) is 8.80. The molecular weight excluding hydrogens is 377 g/mol. The first kappa shape index (κ1) is 19.9. The van der Waals surface area contributed by atoms with E-state index in [4.69, 9.17) is 9.15 Å². The van der Waals surface area contributed by atoms with Gasteiger partial charge in [-0.1, -0.05) is 12.1 Å². The molecule has 7 nitrogen and oxygen atoms in total. The van der Waals surface area contributed by atoms with Crippen LogP contribution in [0.2, 0.25) is 0 Å². The molecule has 0 saturated heterocycles. The number of ether oxygens (including phenoxy) is 1. The van der Waals surface area contributed by atoms with Gasteiger partial charge in [-0.25, -0.2) is 9.18 Å². The number of aryl methyl sites for hydroxylation is 1. The molecule has 0 spiro atoms. The lowest BCUT2D eigenvalue weighted by Gasteiger charge is -2.13. The van der Waals surface area contributed by atoms with Gasteiger partial charge < -0.3 is 14.5 Å². The Balaban J connectivity index is 1.68. The SMILES string of the molecule is Cc1oc(-n2cccc2)c(C#N)c1C(=O)O[C@@H](C)C(=O)NCc1ccc(F)cc1. The highest BCUT2D eigenvalue weighted by atomic mass is 19.1. The van der Waals surface area contributed by atoms with E-state index in [-0.39, 0.29) is 35.1 Å². The second kappa shape index (κ2) is 8.44. The summed E-state index contributed by atoms with van der Waals surface area (Å²) in [6.45, 7) is 3.13. The van der Waals surface area contributed by atoms with Crippen LogP contribution in [0.25, 0.3) is 5.88 Å². The van der Waals surface area contributed by atoms with Crippen LogP contribution in [0, 0.1) is 24.1 Å². The molecule has 2 heterocycles. The molecule has 0 saturated carbocycles. The highest BCUT2D eigenvalue weighted by Gasteiger charge is 2.28. The third kappa shape index (κ3) is 4.35. The van der Waals surface area contributed by atoms with Crippen LogP contribution in [0.3, 0.4) is 0 Å². The molecular formula is C21H18FN3O4. The minimum absolute atomic E-state index is 0.0191. The minimum Gasteiger partial charge on any atom is -0.449 e. The highest BCUT2D eigenvalue weighted by molar-refractivity contribution is 5.96. The Kier molecular flexibility index (Phi) is 5.79. The number of halogens is 1. The summed E-state index contributed by atoms with van der Waals surface area (Å²) < 4.78 is 25.3. The van der Waals surface area contributed by atoms with E-state index in [9.17, 15) is 19.2 Å². The third-order valence-corrected chi connectivity index (χ3v) is 4.25. The molecule has 29 heavy (non-hydrogen) atoms. The maximum absolute atomic E-state index is 12.9. The summed E-state index contributed by atoms with van der Waals surface area (Å²) in [4.78, 5) is 24.8. The zero-order valence-corrected chi connectivity index (χ0v) is 15.8. The van der Waals surface area contributed by atoms with Gasteiger partial charge in [-0.3, -0.25) is 9.36 Å². The fourth-order valence-electron chi connectivity index (χ4n) is 2.74. The summed E-state index contributed by atoms with van der Waals surface area (Å²) in [6, 6.07) is 11.1. The summed E-state index contributed by atoms with van der Waals surface area (Å²) in [7, 11) is 0. The topological polar surface area (TPSA) is 97.3 Å². The van der Waals surface area contributed by atoms with E-state index in [1.54, 1.807) is 48.1 Å². The molecule has 1 atom stereocenters. The van der Waals surface area contributed by atoms with Crippen molar-refractivity contribution in [1.29, 1.82) is 5.26 Å². The van der Waals surface area contributed by atoms with Crippen LogP contribution >= 0.6 is 0 Å². The first-order valence-electron chi connectivity index (χ1n) is 8.80. The number of hydrogen-bond donors (Lipinski definition) is 1. The third-order valence-electron chi connectivity index (χ3n) is 4.25. The Morgan fingerprint density at radius 1 is 1.28 bits per heavy atom. The normalized spacial score (nSPS) is 11.5. The second-order valence-electron chi connectivity index (χ2n) is 6.31. The molecule has 8 heteroatoms. The number of furan rings is 1. The molecule has 1 amide bonds. The van der Waals surface area contributed by atoms with Crippen LogP contribution < -0.4 is 5.32 Å². The second-order valence-corrected chi connectivity index (χ2v) is 6.31. The number of carbonyl (C=O) groups is 2. The maximum atomic E-state index is 12.9. The molecule has 0 fully saturated rings. The molecule has 3 aromatic rings. The van der Waals surface area contributed by atoms with Gasteiger partial charge in [0.05, 0.1) is 0 Å². The van der Waals surface area contributed by atoms with E-state index in [2.05, 4.69) is 5.32 Å². The van der Waals surface area contributed by atoms with Gasteiger partial charge in [-0.2, -0.15) is 5.26 Å². The number of benzene rings is 1. The van der Waals surface area contributed by atoms with Crippen molar-refractivity contribution in [2.75, 3.05) is 0 Å². The van der Waals surface area contributed by atoms with Crippen molar-refractivity contribution in [1.82, 2.24) is 9.88 Å². The Morgan fingerprint density at radius 2 is 1.93 bits per heavy atom. The van der Waals surface area contributed by atoms with Crippen molar-refractivity contribution in [2.45, 2.75) is 26.5 Å². The summed E-state index contributed by atoms with van der Waals surface area (Å²) in [5.41, 5.74) is 0.712. The zero-order chi connectivity index (χ0) is 21.0. The zero-order valence-electron chi connectivity index (χ0n) is 15.8. The number of rotatable bonds is 6. The van der Waals surface area contributed by atoms with Gasteiger partial charge in [-0.15, -0.1) is 0 Å². The molecule has 0 unspecified atom stereocenters. The predicted octanol–water partition coefficient (Wildman–Crippen LogP) is 3.25. The van der Waals surface area contributed by atoms with Crippen LogP contribution in [-0.4, -0.2) is 22.5 Å². The monoisotopic (exact) mass is 395 g/mol. The van der Waals surface area contributed by atoms with Crippen LogP contribution in [0.4, 0.5) is 4.39 Å². The van der Waals surface area contributed by atoms with E-state index in [1.165, 1.54) is 19.1 Å². The molecule has 0 radical (unpaired) electrons. The number of esters is 1. The Labute approximate surface area is 166 Å². The molecule has 1 aromatic carbocycles. The molecule has 1 N–H and O–H groups in total. The smallest absolute Gasteiger partial charge is 0.343 e. The fourth-order valence-corrected chi connectivity index (χ4v) is 2.74. The summed E-state index contributed by atoms with van der Waals surface area (Å²) in [6.07, 6.45) is 2.26. The largest absolute Gasteiger partial charge is 0.449 e. The maximum Gasteiger partial charge on any atom is 0.343 e. The molecule has 148 valence electrons. The number of nitrogens with zero attached hydrogens (tertiary/aromatic N) is 2. The van der Waals surface area contributed by atoms with Gasteiger partial charge in [0.15, 0.2) is 6.10 Å². The van der Waals surface area contributed by atoms with Crippen molar-refractivity contribution >= 4 is 11.9 Å². The van der Waals surface area contributed by atoms with Crippen LogP contribution in [0.1, 0.15) is 34.2 Å². The number of amides is 1. The van der Waals surface area contributed by atoms with E-state index >= 15 is 0 Å². The van der Waals surface area contributed by atoms with Gasteiger partial charge in [0, 0.05) is 18.9 Å². The Bertz CT molecular complexity index is 1060. The standard InChI is InChI=1S/C21H18FN3O4/c1-13-18(17(11-23)20(28-13)25-9-3-4-10-25)21(27)29-14(2)19(26)24-12-15-5-7-16(22)8-6-15/h3-10,14H,12H2,1-2H3,(H,24,26)/t14-/m0/s1. The molecule has 0 bridgehead atoms. The molecule has 0 aliphatic carbocycles. The van der Waals surface area contributed by atoms with Crippen LogP contribution in [0.5, 0.6) is 0 Å².